The molecule has 1 N–H and O–H groups in total. The van der Waals surface area contributed by atoms with Crippen molar-refractivity contribution in [3.05, 3.63) is 64.4 Å². The quantitative estimate of drug-likeness (QED) is 0.833. The Morgan fingerprint density at radius 2 is 1.58 bits per heavy atom. The van der Waals surface area contributed by atoms with Crippen molar-refractivity contribution in [3.63, 3.8) is 0 Å². The SMILES string of the molecule is O=C(COC(=O)Cc1c(F)cccc1Cl)Nc1c(F)cccc1F. The van der Waals surface area contributed by atoms with Gasteiger partial charge in [0.1, 0.15) is 23.1 Å². The fourth-order valence-electron chi connectivity index (χ4n) is 1.84. The second kappa shape index (κ2) is 7.83. The Labute approximate surface area is 140 Å². The molecule has 24 heavy (non-hydrogen) atoms. The van der Waals surface area contributed by atoms with Crippen LogP contribution in [0, 0.1) is 17.5 Å². The summed E-state index contributed by atoms with van der Waals surface area (Å²) in [6, 6.07) is 6.97. The van der Waals surface area contributed by atoms with Gasteiger partial charge in [-0.05, 0) is 24.3 Å². The van der Waals surface area contributed by atoms with Gasteiger partial charge in [0, 0.05) is 10.6 Å². The summed E-state index contributed by atoms with van der Waals surface area (Å²) < 4.78 is 44.9. The van der Waals surface area contributed by atoms with Gasteiger partial charge in [0.2, 0.25) is 0 Å². The first-order valence-corrected chi connectivity index (χ1v) is 7.08. The molecule has 0 saturated heterocycles. The highest BCUT2D eigenvalue weighted by atomic mass is 35.5. The average molecular weight is 358 g/mol. The van der Waals surface area contributed by atoms with Crippen LogP contribution in [-0.2, 0) is 20.7 Å². The number of para-hydroxylation sites is 1. The van der Waals surface area contributed by atoms with Crippen molar-refractivity contribution in [2.45, 2.75) is 6.42 Å². The smallest absolute Gasteiger partial charge is 0.310 e. The van der Waals surface area contributed by atoms with Crippen LogP contribution in [0.1, 0.15) is 5.56 Å². The maximum absolute atomic E-state index is 13.5. The summed E-state index contributed by atoms with van der Waals surface area (Å²) in [7, 11) is 0. The molecule has 8 heteroatoms. The molecule has 126 valence electrons. The normalized spacial score (nSPS) is 10.3. The van der Waals surface area contributed by atoms with Crippen LogP contribution in [0.15, 0.2) is 36.4 Å². The van der Waals surface area contributed by atoms with Gasteiger partial charge in [-0.1, -0.05) is 23.7 Å². The molecule has 0 heterocycles. The van der Waals surface area contributed by atoms with Crippen molar-refractivity contribution in [2.75, 3.05) is 11.9 Å². The van der Waals surface area contributed by atoms with Crippen molar-refractivity contribution >= 4 is 29.2 Å². The fourth-order valence-corrected chi connectivity index (χ4v) is 2.07. The molecular weight excluding hydrogens is 347 g/mol. The van der Waals surface area contributed by atoms with Gasteiger partial charge in [-0.3, -0.25) is 9.59 Å². The van der Waals surface area contributed by atoms with E-state index < -0.39 is 48.0 Å². The number of benzene rings is 2. The maximum Gasteiger partial charge on any atom is 0.310 e. The van der Waals surface area contributed by atoms with Gasteiger partial charge >= 0.3 is 5.97 Å². The Kier molecular flexibility index (Phi) is 5.81. The predicted molar refractivity (Wildman–Crippen MR) is 81.1 cm³/mol. The lowest BCUT2D eigenvalue weighted by Gasteiger charge is -2.09. The van der Waals surface area contributed by atoms with Crippen LogP contribution in [0.4, 0.5) is 18.9 Å². The zero-order chi connectivity index (χ0) is 17.7. The summed E-state index contributed by atoms with van der Waals surface area (Å²) in [5, 5.41) is 2.00. The number of rotatable bonds is 5. The largest absolute Gasteiger partial charge is 0.455 e. The van der Waals surface area contributed by atoms with Crippen molar-refractivity contribution in [2.24, 2.45) is 0 Å². The first-order chi connectivity index (χ1) is 11.4. The zero-order valence-corrected chi connectivity index (χ0v) is 12.9. The molecule has 2 aromatic rings. The number of hydrogen-bond donors (Lipinski definition) is 1. The fraction of sp³-hybridized carbons (Fsp3) is 0.125. The number of halogens is 4. The first kappa shape index (κ1) is 17.8. The van der Waals surface area contributed by atoms with Gasteiger partial charge in [-0.25, -0.2) is 13.2 Å². The van der Waals surface area contributed by atoms with E-state index in [1.54, 1.807) is 0 Å². The van der Waals surface area contributed by atoms with Crippen LogP contribution in [-0.4, -0.2) is 18.5 Å². The van der Waals surface area contributed by atoms with E-state index >= 15 is 0 Å². The number of ether oxygens (including phenoxy) is 1. The summed E-state index contributed by atoms with van der Waals surface area (Å²) in [5.41, 5.74) is -0.708. The summed E-state index contributed by atoms with van der Waals surface area (Å²) in [4.78, 5) is 23.2. The Morgan fingerprint density at radius 1 is 1.00 bits per heavy atom. The van der Waals surface area contributed by atoms with Crippen LogP contribution < -0.4 is 5.32 Å². The monoisotopic (exact) mass is 357 g/mol. The van der Waals surface area contributed by atoms with E-state index in [0.29, 0.717) is 0 Å². The molecular formula is C16H11ClF3NO3. The van der Waals surface area contributed by atoms with Crippen molar-refractivity contribution in [3.8, 4) is 0 Å². The molecule has 2 rings (SSSR count). The van der Waals surface area contributed by atoms with Crippen LogP contribution in [0.25, 0.3) is 0 Å². The summed E-state index contributed by atoms with van der Waals surface area (Å²) in [6.45, 7) is -0.779. The number of carbonyl (C=O) groups is 2. The molecule has 0 bridgehead atoms. The summed E-state index contributed by atoms with van der Waals surface area (Å²) >= 11 is 5.77. The second-order valence-corrected chi connectivity index (χ2v) is 5.09. The Morgan fingerprint density at radius 3 is 2.21 bits per heavy atom. The lowest BCUT2D eigenvalue weighted by molar-refractivity contribution is -0.146. The topological polar surface area (TPSA) is 55.4 Å². The van der Waals surface area contributed by atoms with E-state index in [1.807, 2.05) is 5.32 Å². The molecule has 0 aliphatic heterocycles. The summed E-state index contributed by atoms with van der Waals surface area (Å²) in [5.74, 6) is -4.46. The second-order valence-electron chi connectivity index (χ2n) is 4.68. The summed E-state index contributed by atoms with van der Waals surface area (Å²) in [6.07, 6.45) is -0.479. The molecule has 2 aromatic carbocycles. The number of amides is 1. The molecule has 0 radical (unpaired) electrons. The molecule has 1 amide bonds. The zero-order valence-electron chi connectivity index (χ0n) is 12.1. The van der Waals surface area contributed by atoms with E-state index in [1.165, 1.54) is 12.1 Å². The minimum Gasteiger partial charge on any atom is -0.455 e. The van der Waals surface area contributed by atoms with E-state index in [4.69, 9.17) is 11.6 Å². The van der Waals surface area contributed by atoms with Gasteiger partial charge in [0.15, 0.2) is 6.61 Å². The highest BCUT2D eigenvalue weighted by Gasteiger charge is 2.16. The standard InChI is InChI=1S/C16H11ClF3NO3/c17-10-3-1-4-11(18)9(10)7-15(23)24-8-14(22)21-16-12(19)5-2-6-13(16)20/h1-6H,7-8H2,(H,21,22). The van der Waals surface area contributed by atoms with Crippen LogP contribution in [0.3, 0.4) is 0 Å². The van der Waals surface area contributed by atoms with Gasteiger partial charge in [-0.15, -0.1) is 0 Å². The number of nitrogens with one attached hydrogen (secondary N) is 1. The number of carbonyl (C=O) groups excluding carboxylic acids is 2. The molecule has 0 fully saturated rings. The lowest BCUT2D eigenvalue weighted by Crippen LogP contribution is -2.23. The van der Waals surface area contributed by atoms with E-state index in [9.17, 15) is 22.8 Å². The van der Waals surface area contributed by atoms with Crippen LogP contribution in [0.5, 0.6) is 0 Å². The molecule has 0 spiro atoms. The van der Waals surface area contributed by atoms with Crippen molar-refractivity contribution < 1.29 is 27.5 Å². The van der Waals surface area contributed by atoms with Crippen LogP contribution >= 0.6 is 11.6 Å². The van der Waals surface area contributed by atoms with Gasteiger partial charge in [0.05, 0.1) is 6.42 Å². The Hall–Kier alpha value is -2.54. The minimum atomic E-state index is -0.965. The average Bonchev–Trinajstić information content (AvgIpc) is 2.53. The predicted octanol–water partition coefficient (Wildman–Crippen LogP) is 3.48. The molecule has 0 aliphatic rings. The third kappa shape index (κ3) is 4.48. The number of esters is 1. The third-order valence-electron chi connectivity index (χ3n) is 2.97. The molecule has 4 nitrogen and oxygen atoms in total. The Bertz CT molecular complexity index is 677. The van der Waals surface area contributed by atoms with Gasteiger partial charge in [0.25, 0.3) is 5.91 Å². The number of hydrogen-bond acceptors (Lipinski definition) is 3. The molecule has 0 aromatic heterocycles. The van der Waals surface area contributed by atoms with E-state index in [0.717, 1.165) is 24.3 Å². The molecule has 0 saturated carbocycles. The van der Waals surface area contributed by atoms with Gasteiger partial charge < -0.3 is 10.1 Å². The minimum absolute atomic E-state index is 0.0461. The number of anilines is 1. The lowest BCUT2D eigenvalue weighted by atomic mass is 10.1. The van der Waals surface area contributed by atoms with Crippen molar-refractivity contribution in [1.29, 1.82) is 0 Å². The Balaban J connectivity index is 1.91. The van der Waals surface area contributed by atoms with Crippen LogP contribution in [0.2, 0.25) is 5.02 Å². The molecule has 0 aliphatic carbocycles. The first-order valence-electron chi connectivity index (χ1n) is 6.71. The highest BCUT2D eigenvalue weighted by molar-refractivity contribution is 6.31. The molecule has 0 unspecified atom stereocenters. The van der Waals surface area contributed by atoms with Crippen molar-refractivity contribution in [1.82, 2.24) is 0 Å². The van der Waals surface area contributed by atoms with Gasteiger partial charge in [-0.2, -0.15) is 0 Å². The van der Waals surface area contributed by atoms with E-state index in [-0.39, 0.29) is 10.6 Å². The third-order valence-corrected chi connectivity index (χ3v) is 3.33. The highest BCUT2D eigenvalue weighted by Crippen LogP contribution is 2.20. The van der Waals surface area contributed by atoms with E-state index in [2.05, 4.69) is 4.74 Å². The maximum atomic E-state index is 13.5. The molecule has 0 atom stereocenters.